The summed E-state index contributed by atoms with van der Waals surface area (Å²) in [7, 11) is 0. The van der Waals surface area contributed by atoms with Gasteiger partial charge in [0.05, 0.1) is 0 Å². The van der Waals surface area contributed by atoms with Crippen molar-refractivity contribution in [2.45, 2.75) is 57.9 Å². The minimum atomic E-state index is 0.357. The molecule has 2 nitrogen and oxygen atoms in total. The summed E-state index contributed by atoms with van der Waals surface area (Å²) in [6.45, 7) is 9.77. The summed E-state index contributed by atoms with van der Waals surface area (Å²) < 4.78 is 0. The second kappa shape index (κ2) is 5.50. The maximum Gasteiger partial charge on any atom is 0.0277 e. The fourth-order valence-corrected chi connectivity index (χ4v) is 2.90. The zero-order chi connectivity index (χ0) is 11.4. The molecule has 2 rings (SSSR count). The molecule has 1 saturated carbocycles. The second-order valence-electron chi connectivity index (χ2n) is 6.06. The highest BCUT2D eigenvalue weighted by Gasteiger charge is 2.27. The highest BCUT2D eigenvalue weighted by molar-refractivity contribution is 4.88. The molecule has 1 aliphatic heterocycles. The van der Waals surface area contributed by atoms with Crippen LogP contribution in [0.15, 0.2) is 0 Å². The molecule has 2 heteroatoms. The molecule has 2 fully saturated rings. The Morgan fingerprint density at radius 1 is 1.31 bits per heavy atom. The Morgan fingerprint density at radius 3 is 2.75 bits per heavy atom. The minimum Gasteiger partial charge on any atom is -0.310 e. The lowest BCUT2D eigenvalue weighted by atomic mass is 9.83. The van der Waals surface area contributed by atoms with Gasteiger partial charge in [0, 0.05) is 12.1 Å². The molecule has 0 bridgehead atoms. The van der Waals surface area contributed by atoms with Gasteiger partial charge in [-0.15, -0.1) is 0 Å². The lowest BCUT2D eigenvalue weighted by Gasteiger charge is -2.34. The van der Waals surface area contributed by atoms with Crippen LogP contribution in [0.1, 0.15) is 52.4 Å². The first kappa shape index (κ1) is 12.4. The van der Waals surface area contributed by atoms with Crippen LogP contribution >= 0.6 is 0 Å². The Bertz CT molecular complexity index is 213. The van der Waals surface area contributed by atoms with E-state index in [9.17, 15) is 0 Å². The van der Waals surface area contributed by atoms with Crippen molar-refractivity contribution in [1.29, 1.82) is 0 Å². The number of nitrogens with one attached hydrogen (secondary N) is 1. The van der Waals surface area contributed by atoms with Crippen molar-refractivity contribution in [2.24, 2.45) is 5.92 Å². The molecule has 2 aliphatic rings. The van der Waals surface area contributed by atoms with Crippen molar-refractivity contribution in [2.75, 3.05) is 26.2 Å². The van der Waals surface area contributed by atoms with Gasteiger partial charge < -0.3 is 10.2 Å². The van der Waals surface area contributed by atoms with Crippen LogP contribution in [0.5, 0.6) is 0 Å². The lowest BCUT2D eigenvalue weighted by Crippen LogP contribution is -2.48. The average Bonchev–Trinajstić information content (AvgIpc) is 2.39. The van der Waals surface area contributed by atoms with Gasteiger partial charge in [0.15, 0.2) is 0 Å². The number of hydrogen-bond donors (Lipinski definition) is 1. The summed E-state index contributed by atoms with van der Waals surface area (Å²) in [5.74, 6) is 1.06. The van der Waals surface area contributed by atoms with E-state index in [1.54, 1.807) is 0 Å². The molecule has 1 atom stereocenters. The molecule has 1 N–H and O–H groups in total. The van der Waals surface area contributed by atoms with Crippen molar-refractivity contribution in [3.05, 3.63) is 0 Å². The standard InChI is InChI=1S/C14H28N2/c1-3-14(2)12-16(10-5-9-15-14)11-8-13-6-4-7-13/h13,15H,3-12H2,1-2H3. The molecule has 94 valence electrons. The Kier molecular flexibility index (Phi) is 4.26. The summed E-state index contributed by atoms with van der Waals surface area (Å²) in [4.78, 5) is 2.70. The summed E-state index contributed by atoms with van der Waals surface area (Å²) in [6.07, 6.45) is 8.49. The van der Waals surface area contributed by atoms with Gasteiger partial charge in [-0.05, 0) is 51.7 Å². The highest BCUT2D eigenvalue weighted by atomic mass is 15.2. The molecule has 1 saturated heterocycles. The van der Waals surface area contributed by atoms with Gasteiger partial charge in [0.25, 0.3) is 0 Å². The quantitative estimate of drug-likeness (QED) is 0.790. The monoisotopic (exact) mass is 224 g/mol. The molecule has 0 aromatic carbocycles. The molecule has 0 spiro atoms. The fraction of sp³-hybridized carbons (Fsp3) is 1.00. The first-order valence-electron chi connectivity index (χ1n) is 7.19. The van der Waals surface area contributed by atoms with E-state index in [0.29, 0.717) is 5.54 Å². The Hall–Kier alpha value is -0.0800. The van der Waals surface area contributed by atoms with Crippen LogP contribution in [-0.2, 0) is 0 Å². The summed E-state index contributed by atoms with van der Waals surface area (Å²) >= 11 is 0. The van der Waals surface area contributed by atoms with Gasteiger partial charge >= 0.3 is 0 Å². The number of nitrogens with zero attached hydrogens (tertiary/aromatic N) is 1. The first-order chi connectivity index (χ1) is 7.72. The molecular weight excluding hydrogens is 196 g/mol. The molecule has 1 unspecified atom stereocenters. The Labute approximate surface area is 101 Å². The van der Waals surface area contributed by atoms with Gasteiger partial charge in [0.2, 0.25) is 0 Å². The average molecular weight is 224 g/mol. The third-order valence-corrected chi connectivity index (χ3v) is 4.63. The van der Waals surface area contributed by atoms with E-state index >= 15 is 0 Å². The number of hydrogen-bond acceptors (Lipinski definition) is 2. The SMILES string of the molecule is CCC1(C)CN(CCC2CCC2)CCCN1. The molecule has 1 heterocycles. The summed E-state index contributed by atoms with van der Waals surface area (Å²) in [5.41, 5.74) is 0.357. The molecular formula is C14H28N2. The van der Waals surface area contributed by atoms with Gasteiger partial charge in [0.1, 0.15) is 0 Å². The zero-order valence-corrected chi connectivity index (χ0v) is 11.1. The van der Waals surface area contributed by atoms with E-state index in [1.807, 2.05) is 0 Å². The third kappa shape index (κ3) is 3.21. The maximum atomic E-state index is 3.71. The van der Waals surface area contributed by atoms with Crippen molar-refractivity contribution in [1.82, 2.24) is 10.2 Å². The van der Waals surface area contributed by atoms with E-state index in [1.165, 1.54) is 64.7 Å². The summed E-state index contributed by atoms with van der Waals surface area (Å²) in [5, 5.41) is 3.71. The predicted octanol–water partition coefficient (Wildman–Crippen LogP) is 2.64. The molecule has 0 aromatic heterocycles. The Morgan fingerprint density at radius 2 is 2.12 bits per heavy atom. The molecule has 0 radical (unpaired) electrons. The molecule has 0 aromatic rings. The van der Waals surface area contributed by atoms with Gasteiger partial charge in [-0.1, -0.05) is 26.2 Å². The van der Waals surface area contributed by atoms with Crippen LogP contribution < -0.4 is 5.32 Å². The minimum absolute atomic E-state index is 0.357. The van der Waals surface area contributed by atoms with Crippen LogP contribution in [0.4, 0.5) is 0 Å². The van der Waals surface area contributed by atoms with E-state index in [-0.39, 0.29) is 0 Å². The summed E-state index contributed by atoms with van der Waals surface area (Å²) in [6, 6.07) is 0. The van der Waals surface area contributed by atoms with Crippen LogP contribution in [0.25, 0.3) is 0 Å². The van der Waals surface area contributed by atoms with Crippen molar-refractivity contribution in [3.8, 4) is 0 Å². The van der Waals surface area contributed by atoms with Crippen molar-refractivity contribution < 1.29 is 0 Å². The van der Waals surface area contributed by atoms with Gasteiger partial charge in [-0.25, -0.2) is 0 Å². The largest absolute Gasteiger partial charge is 0.310 e. The van der Waals surface area contributed by atoms with E-state index in [2.05, 4.69) is 24.1 Å². The van der Waals surface area contributed by atoms with E-state index < -0.39 is 0 Å². The lowest BCUT2D eigenvalue weighted by molar-refractivity contribution is 0.183. The second-order valence-corrected chi connectivity index (χ2v) is 6.06. The van der Waals surface area contributed by atoms with Gasteiger partial charge in [-0.2, -0.15) is 0 Å². The molecule has 1 aliphatic carbocycles. The highest BCUT2D eigenvalue weighted by Crippen LogP contribution is 2.29. The van der Waals surface area contributed by atoms with Gasteiger partial charge in [-0.3, -0.25) is 0 Å². The third-order valence-electron chi connectivity index (χ3n) is 4.63. The van der Waals surface area contributed by atoms with Crippen LogP contribution in [0, 0.1) is 5.92 Å². The molecule has 16 heavy (non-hydrogen) atoms. The van der Waals surface area contributed by atoms with E-state index in [4.69, 9.17) is 0 Å². The predicted molar refractivity (Wildman–Crippen MR) is 69.7 cm³/mol. The maximum absolute atomic E-state index is 3.71. The smallest absolute Gasteiger partial charge is 0.0277 e. The zero-order valence-electron chi connectivity index (χ0n) is 11.1. The van der Waals surface area contributed by atoms with E-state index in [0.717, 1.165) is 5.92 Å². The topological polar surface area (TPSA) is 15.3 Å². The molecule has 0 amide bonds. The Balaban J connectivity index is 1.77. The van der Waals surface area contributed by atoms with Crippen LogP contribution in [0.2, 0.25) is 0 Å². The first-order valence-corrected chi connectivity index (χ1v) is 7.19. The van der Waals surface area contributed by atoms with Crippen molar-refractivity contribution in [3.63, 3.8) is 0 Å². The van der Waals surface area contributed by atoms with Crippen LogP contribution in [-0.4, -0.2) is 36.6 Å². The normalized spacial score (nSPS) is 33.4. The fourth-order valence-electron chi connectivity index (χ4n) is 2.90. The number of rotatable bonds is 4. The van der Waals surface area contributed by atoms with Crippen molar-refractivity contribution >= 4 is 0 Å². The van der Waals surface area contributed by atoms with Crippen LogP contribution in [0.3, 0.4) is 0 Å².